The van der Waals surface area contributed by atoms with Crippen molar-refractivity contribution in [1.82, 2.24) is 4.90 Å². The number of rotatable bonds is 1. The molecule has 4 aliphatic rings. The van der Waals surface area contributed by atoms with Crippen LogP contribution < -0.4 is 18.9 Å². The van der Waals surface area contributed by atoms with Gasteiger partial charge in [0.25, 0.3) is 0 Å². The lowest BCUT2D eigenvalue weighted by atomic mass is 9.86. The predicted molar refractivity (Wildman–Crippen MR) is 92.4 cm³/mol. The van der Waals surface area contributed by atoms with Crippen LogP contribution in [-0.4, -0.2) is 38.0 Å². The molecule has 0 spiro atoms. The molecule has 0 amide bonds. The normalized spacial score (nSPS) is 24.6. The van der Waals surface area contributed by atoms with Crippen LogP contribution in [0.3, 0.4) is 0 Å². The Kier molecular flexibility index (Phi) is 2.97. The number of carbonyl (C=O) groups excluding carboxylic acids is 1. The van der Waals surface area contributed by atoms with Crippen LogP contribution in [0, 0.1) is 0 Å². The summed E-state index contributed by atoms with van der Waals surface area (Å²) in [6, 6.07) is 7.73. The fourth-order valence-electron chi connectivity index (χ4n) is 4.47. The number of hydrogen-bond acceptors (Lipinski definition) is 7. The Balaban J connectivity index is 1.49. The summed E-state index contributed by atoms with van der Waals surface area (Å²) in [5.74, 6) is 2.24. The van der Waals surface area contributed by atoms with E-state index in [-0.39, 0.29) is 25.6 Å². The summed E-state index contributed by atoms with van der Waals surface area (Å²) >= 11 is 0. The first kappa shape index (κ1) is 15.2. The average Bonchev–Trinajstić information content (AvgIpc) is 3.38. The Morgan fingerprint density at radius 3 is 2.63 bits per heavy atom. The van der Waals surface area contributed by atoms with Crippen molar-refractivity contribution >= 4 is 5.97 Å². The number of esters is 1. The minimum atomic E-state index is -0.411. The van der Waals surface area contributed by atoms with Crippen molar-refractivity contribution in [3.63, 3.8) is 0 Å². The van der Waals surface area contributed by atoms with Gasteiger partial charge in [-0.1, -0.05) is 6.07 Å². The van der Waals surface area contributed by atoms with E-state index in [2.05, 4.69) is 18.0 Å². The molecule has 138 valence electrons. The van der Waals surface area contributed by atoms with Gasteiger partial charge in [0.2, 0.25) is 13.6 Å². The van der Waals surface area contributed by atoms with E-state index in [0.717, 1.165) is 35.6 Å². The van der Waals surface area contributed by atoms with E-state index in [1.54, 1.807) is 0 Å². The molecule has 1 unspecified atom stereocenters. The molecule has 2 aromatic carbocycles. The first-order valence-corrected chi connectivity index (χ1v) is 8.97. The van der Waals surface area contributed by atoms with Gasteiger partial charge >= 0.3 is 5.97 Å². The number of benzene rings is 2. The van der Waals surface area contributed by atoms with Crippen LogP contribution in [0.5, 0.6) is 23.0 Å². The monoisotopic (exact) mass is 367 g/mol. The predicted octanol–water partition coefficient (Wildman–Crippen LogP) is 2.58. The lowest BCUT2D eigenvalue weighted by Crippen LogP contribution is -2.36. The number of likely N-dealkylation sites (N-methyl/N-ethyl adjacent to an activating group) is 1. The van der Waals surface area contributed by atoms with Gasteiger partial charge in [-0.05, 0) is 42.8 Å². The van der Waals surface area contributed by atoms with Gasteiger partial charge in [0.05, 0.1) is 6.04 Å². The topological polar surface area (TPSA) is 66.5 Å². The van der Waals surface area contributed by atoms with Crippen LogP contribution in [0.2, 0.25) is 0 Å². The molecular weight excluding hydrogens is 350 g/mol. The first-order valence-electron chi connectivity index (χ1n) is 8.97. The summed E-state index contributed by atoms with van der Waals surface area (Å²) in [5.41, 5.74) is 3.63. The number of cyclic esters (lactones) is 1. The van der Waals surface area contributed by atoms with Gasteiger partial charge in [-0.15, -0.1) is 0 Å². The van der Waals surface area contributed by atoms with Crippen LogP contribution in [0.15, 0.2) is 24.3 Å². The summed E-state index contributed by atoms with van der Waals surface area (Å²) in [7, 11) is 2.05. The quantitative estimate of drug-likeness (QED) is 0.718. The third-order valence-corrected chi connectivity index (χ3v) is 5.76. The minimum Gasteiger partial charge on any atom is -0.454 e. The van der Waals surface area contributed by atoms with Gasteiger partial charge in [-0.3, -0.25) is 4.90 Å². The molecule has 0 bridgehead atoms. The van der Waals surface area contributed by atoms with Gasteiger partial charge in [0.15, 0.2) is 23.0 Å². The van der Waals surface area contributed by atoms with Crippen molar-refractivity contribution in [3.8, 4) is 23.0 Å². The van der Waals surface area contributed by atoms with E-state index < -0.39 is 6.10 Å². The van der Waals surface area contributed by atoms with Gasteiger partial charge in [-0.25, -0.2) is 4.79 Å². The standard InChI is InChI=1S/C20H17NO6/c1-21-5-4-10-6-14-15(25-8-24-14)7-12(10)17(21)18-11-2-3-13-19(26-9-23-13)16(11)20(22)27-18/h2-3,6-7,17-18H,4-5,8-9H2,1H3/t17-,18?/m1/s1. The van der Waals surface area contributed by atoms with Gasteiger partial charge in [0, 0.05) is 12.1 Å². The first-order chi connectivity index (χ1) is 13.2. The highest BCUT2D eigenvalue weighted by Crippen LogP contribution is 2.51. The van der Waals surface area contributed by atoms with Crippen molar-refractivity contribution in [1.29, 1.82) is 0 Å². The summed E-state index contributed by atoms with van der Waals surface area (Å²) in [5, 5.41) is 0. The van der Waals surface area contributed by atoms with Crippen LogP contribution in [0.4, 0.5) is 0 Å². The van der Waals surface area contributed by atoms with E-state index in [0.29, 0.717) is 17.1 Å². The van der Waals surface area contributed by atoms with Gasteiger partial charge in [-0.2, -0.15) is 0 Å². The second kappa shape index (κ2) is 5.29. The highest BCUT2D eigenvalue weighted by molar-refractivity contribution is 5.98. The van der Waals surface area contributed by atoms with Crippen LogP contribution in [0.1, 0.15) is 39.2 Å². The molecule has 6 rings (SSSR count). The number of hydrogen-bond donors (Lipinski definition) is 0. The third kappa shape index (κ3) is 2.03. The molecule has 2 aromatic rings. The molecule has 7 nitrogen and oxygen atoms in total. The molecule has 0 aliphatic carbocycles. The maximum absolute atomic E-state index is 12.7. The van der Waals surface area contributed by atoms with Crippen LogP contribution >= 0.6 is 0 Å². The SMILES string of the molecule is CN1CCc2cc3c(cc2[C@@H]1C1OC(=O)c2c1ccc1c2OCO1)OCO3. The fourth-order valence-corrected chi connectivity index (χ4v) is 4.47. The van der Waals surface area contributed by atoms with Crippen molar-refractivity contribution in [2.24, 2.45) is 0 Å². The number of nitrogens with zero attached hydrogens (tertiary/aromatic N) is 1. The summed E-state index contributed by atoms with van der Waals surface area (Å²) in [6.45, 7) is 1.23. The van der Waals surface area contributed by atoms with Crippen molar-refractivity contribution in [3.05, 3.63) is 46.5 Å². The maximum Gasteiger partial charge on any atom is 0.343 e. The Hall–Kier alpha value is -2.93. The molecule has 0 saturated carbocycles. The lowest BCUT2D eigenvalue weighted by molar-refractivity contribution is 0.00932. The third-order valence-electron chi connectivity index (χ3n) is 5.76. The summed E-state index contributed by atoms with van der Waals surface area (Å²) < 4.78 is 27.9. The van der Waals surface area contributed by atoms with E-state index in [1.165, 1.54) is 5.56 Å². The van der Waals surface area contributed by atoms with Crippen LogP contribution in [0.25, 0.3) is 0 Å². The molecule has 0 saturated heterocycles. The largest absolute Gasteiger partial charge is 0.454 e. The van der Waals surface area contributed by atoms with Crippen molar-refractivity contribution in [2.45, 2.75) is 18.6 Å². The Morgan fingerprint density at radius 1 is 0.963 bits per heavy atom. The van der Waals surface area contributed by atoms with Crippen LogP contribution in [-0.2, 0) is 11.2 Å². The fraction of sp³-hybridized carbons (Fsp3) is 0.350. The molecule has 0 fully saturated rings. The zero-order valence-electron chi connectivity index (χ0n) is 14.7. The molecule has 4 heterocycles. The highest BCUT2D eigenvalue weighted by atomic mass is 16.7. The maximum atomic E-state index is 12.7. The zero-order chi connectivity index (χ0) is 18.1. The molecule has 0 aromatic heterocycles. The van der Waals surface area contributed by atoms with Crippen molar-refractivity contribution < 1.29 is 28.5 Å². The van der Waals surface area contributed by atoms with E-state index in [4.69, 9.17) is 23.7 Å². The second-order valence-corrected chi connectivity index (χ2v) is 7.17. The highest BCUT2D eigenvalue weighted by Gasteiger charge is 2.45. The van der Waals surface area contributed by atoms with E-state index in [1.807, 2.05) is 18.2 Å². The molecule has 7 heteroatoms. The van der Waals surface area contributed by atoms with Gasteiger partial charge in [0.1, 0.15) is 11.7 Å². The Bertz CT molecular complexity index is 987. The number of ether oxygens (including phenoxy) is 5. The minimum absolute atomic E-state index is 0.103. The summed E-state index contributed by atoms with van der Waals surface area (Å²) in [4.78, 5) is 14.9. The molecule has 0 radical (unpaired) electrons. The molecule has 0 N–H and O–H groups in total. The number of carbonyl (C=O) groups is 1. The molecular formula is C20H17NO6. The number of fused-ring (bicyclic) bond motifs is 5. The van der Waals surface area contributed by atoms with E-state index >= 15 is 0 Å². The van der Waals surface area contributed by atoms with Gasteiger partial charge < -0.3 is 23.7 Å². The lowest BCUT2D eigenvalue weighted by Gasteiger charge is -2.37. The molecule has 2 atom stereocenters. The summed E-state index contributed by atoms with van der Waals surface area (Å²) in [6.07, 6.45) is 0.500. The molecule has 4 aliphatic heterocycles. The zero-order valence-corrected chi connectivity index (χ0v) is 14.7. The van der Waals surface area contributed by atoms with E-state index in [9.17, 15) is 4.79 Å². The average molecular weight is 367 g/mol. The Morgan fingerprint density at radius 2 is 1.74 bits per heavy atom. The second-order valence-electron chi connectivity index (χ2n) is 7.17. The van der Waals surface area contributed by atoms with Crippen molar-refractivity contribution in [2.75, 3.05) is 27.2 Å². The molecule has 27 heavy (non-hydrogen) atoms. The Labute approximate surface area is 155 Å². The smallest absolute Gasteiger partial charge is 0.343 e.